The maximum atomic E-state index is 15.1. The smallest absolute Gasteiger partial charge is 0.247 e. The number of hydrogen-bond donors (Lipinski definition) is 3. The minimum absolute atomic E-state index is 0.0376. The lowest BCUT2D eigenvalue weighted by Crippen LogP contribution is -2.23. The molecule has 0 spiro atoms. The van der Waals surface area contributed by atoms with Crippen LogP contribution in [-0.4, -0.2) is 46.2 Å². The topological polar surface area (TPSA) is 111 Å². The SMILES string of the molecule is C=CC(=O)Nc1cc(OCCOC)cc(C)c1NC(=C)/C=c1/c(NC)c(C(=O)c2c(F)c(C)cc(OC)c2F)o/c1=C/C. The highest BCUT2D eigenvalue weighted by Gasteiger charge is 2.29. The van der Waals surface area contributed by atoms with E-state index in [9.17, 15) is 9.59 Å². The number of anilines is 3. The molecule has 1 heterocycles. The molecule has 3 aromatic rings. The average molecular weight is 596 g/mol. The van der Waals surface area contributed by atoms with Crippen LogP contribution in [0.4, 0.5) is 25.8 Å². The number of allylic oxidation sites excluding steroid dienone is 1. The molecule has 11 heteroatoms. The van der Waals surface area contributed by atoms with Gasteiger partial charge in [-0.1, -0.05) is 13.2 Å². The molecule has 43 heavy (non-hydrogen) atoms. The molecule has 9 nitrogen and oxygen atoms in total. The van der Waals surface area contributed by atoms with Gasteiger partial charge < -0.3 is 34.6 Å². The highest BCUT2D eigenvalue weighted by atomic mass is 19.1. The van der Waals surface area contributed by atoms with Crippen LogP contribution in [-0.2, 0) is 9.53 Å². The molecule has 3 N–H and O–H groups in total. The highest BCUT2D eigenvalue weighted by Crippen LogP contribution is 2.33. The normalized spacial score (nSPS) is 11.7. The minimum Gasteiger partial charge on any atom is -0.494 e. The Morgan fingerprint density at radius 2 is 1.74 bits per heavy atom. The number of aryl methyl sites for hydroxylation is 2. The number of halogens is 2. The van der Waals surface area contributed by atoms with Crippen molar-refractivity contribution in [3.8, 4) is 11.5 Å². The molecule has 0 atom stereocenters. The lowest BCUT2D eigenvalue weighted by molar-refractivity contribution is -0.111. The van der Waals surface area contributed by atoms with Crippen molar-refractivity contribution in [1.82, 2.24) is 0 Å². The van der Waals surface area contributed by atoms with Crippen molar-refractivity contribution in [2.24, 2.45) is 0 Å². The molecule has 0 unspecified atom stereocenters. The van der Waals surface area contributed by atoms with Crippen molar-refractivity contribution >= 4 is 40.9 Å². The third-order valence-corrected chi connectivity index (χ3v) is 6.40. The van der Waals surface area contributed by atoms with Crippen molar-refractivity contribution in [2.75, 3.05) is 50.4 Å². The molecule has 228 valence electrons. The first-order valence-electron chi connectivity index (χ1n) is 13.2. The Labute approximate surface area is 248 Å². The lowest BCUT2D eigenvalue weighted by atomic mass is 10.0. The van der Waals surface area contributed by atoms with Crippen LogP contribution in [0.5, 0.6) is 11.5 Å². The van der Waals surface area contributed by atoms with Crippen LogP contribution in [0, 0.1) is 25.5 Å². The summed E-state index contributed by atoms with van der Waals surface area (Å²) < 4.78 is 51.7. The molecule has 0 saturated carbocycles. The Kier molecular flexibility index (Phi) is 10.9. The van der Waals surface area contributed by atoms with E-state index in [1.165, 1.54) is 20.1 Å². The molecule has 1 aromatic heterocycles. The summed E-state index contributed by atoms with van der Waals surface area (Å²) in [6.07, 6.45) is 4.35. The van der Waals surface area contributed by atoms with Gasteiger partial charge in [-0.3, -0.25) is 9.59 Å². The van der Waals surface area contributed by atoms with Crippen LogP contribution >= 0.6 is 0 Å². The Hall–Kier alpha value is -4.90. The lowest BCUT2D eigenvalue weighted by Gasteiger charge is -2.17. The van der Waals surface area contributed by atoms with Crippen LogP contribution in [0.25, 0.3) is 12.2 Å². The predicted molar refractivity (Wildman–Crippen MR) is 163 cm³/mol. The first-order valence-corrected chi connectivity index (χ1v) is 13.2. The van der Waals surface area contributed by atoms with E-state index in [1.807, 2.05) is 6.92 Å². The van der Waals surface area contributed by atoms with Crippen molar-refractivity contribution in [3.05, 3.63) is 87.8 Å². The summed E-state index contributed by atoms with van der Waals surface area (Å²) in [4.78, 5) is 25.7. The number of furan rings is 1. The molecule has 0 bridgehead atoms. The summed E-state index contributed by atoms with van der Waals surface area (Å²) in [5, 5.41) is 9.25. The van der Waals surface area contributed by atoms with E-state index in [2.05, 4.69) is 29.1 Å². The summed E-state index contributed by atoms with van der Waals surface area (Å²) in [6.45, 7) is 13.2. The van der Waals surface area contributed by atoms with Gasteiger partial charge in [0.15, 0.2) is 17.3 Å². The number of amides is 1. The highest BCUT2D eigenvalue weighted by molar-refractivity contribution is 6.11. The molecule has 0 radical (unpaired) electrons. The molecule has 0 saturated heterocycles. The Balaban J connectivity index is 2.10. The van der Waals surface area contributed by atoms with E-state index < -0.39 is 28.9 Å². The molecule has 0 aliphatic heterocycles. The third kappa shape index (κ3) is 7.12. The first kappa shape index (κ1) is 32.6. The number of ether oxygens (including phenoxy) is 3. The molecule has 3 rings (SSSR count). The summed E-state index contributed by atoms with van der Waals surface area (Å²) in [5.74, 6) is -3.64. The summed E-state index contributed by atoms with van der Waals surface area (Å²) in [6, 6.07) is 4.61. The van der Waals surface area contributed by atoms with Crippen molar-refractivity contribution in [1.29, 1.82) is 0 Å². The van der Waals surface area contributed by atoms with Crippen LogP contribution in [0.15, 0.2) is 47.5 Å². The maximum absolute atomic E-state index is 15.1. The maximum Gasteiger partial charge on any atom is 0.247 e. The van der Waals surface area contributed by atoms with Crippen LogP contribution in [0.3, 0.4) is 0 Å². The van der Waals surface area contributed by atoms with Gasteiger partial charge in [-0.2, -0.15) is 0 Å². The van der Waals surface area contributed by atoms with E-state index in [0.717, 1.165) is 11.6 Å². The number of rotatable bonds is 13. The standard InChI is InChI=1S/C32H35F2N3O6/c1-9-23-21(30(35-6)32(43-23)31(39)26-27(33)17(3)14-24(41-8)28(26)34)15-19(5)36-29-18(4)13-20(42-12-11-40-7)16-22(29)37-25(38)10-2/h9-10,13-16,35-36H,2,5,11-12H2,1,3-4,6-8H3,(H,37,38)/b21-15+,23-9+. The van der Waals surface area contributed by atoms with E-state index in [0.29, 0.717) is 41.3 Å². The monoisotopic (exact) mass is 595 g/mol. The Morgan fingerprint density at radius 3 is 2.35 bits per heavy atom. The number of carbonyl (C=O) groups is 2. The molecule has 0 fully saturated rings. The van der Waals surface area contributed by atoms with Gasteiger partial charge in [0.2, 0.25) is 11.7 Å². The molecule has 0 aliphatic carbocycles. The largest absolute Gasteiger partial charge is 0.494 e. The van der Waals surface area contributed by atoms with Crippen molar-refractivity contribution in [3.63, 3.8) is 0 Å². The van der Waals surface area contributed by atoms with Crippen molar-refractivity contribution < 1.29 is 37.0 Å². The van der Waals surface area contributed by atoms with Gasteiger partial charge in [0, 0.05) is 31.1 Å². The second kappa shape index (κ2) is 14.3. The number of hydrogen-bond acceptors (Lipinski definition) is 8. The second-order valence-electron chi connectivity index (χ2n) is 9.34. The fraction of sp³-hybridized carbons (Fsp3) is 0.250. The van der Waals surface area contributed by atoms with Crippen LogP contribution in [0.1, 0.15) is 34.2 Å². The predicted octanol–water partition coefficient (Wildman–Crippen LogP) is 4.81. The fourth-order valence-corrected chi connectivity index (χ4v) is 4.33. The second-order valence-corrected chi connectivity index (χ2v) is 9.34. The van der Waals surface area contributed by atoms with Crippen LogP contribution < -0.4 is 36.1 Å². The van der Waals surface area contributed by atoms with E-state index in [-0.39, 0.29) is 28.2 Å². The number of methoxy groups -OCH3 is 2. The van der Waals surface area contributed by atoms with Gasteiger partial charge in [0.1, 0.15) is 29.2 Å². The summed E-state index contributed by atoms with van der Waals surface area (Å²) in [7, 11) is 4.34. The van der Waals surface area contributed by atoms with Gasteiger partial charge in [-0.05, 0) is 62.3 Å². The van der Waals surface area contributed by atoms with Gasteiger partial charge in [0.25, 0.3) is 0 Å². The van der Waals surface area contributed by atoms with Gasteiger partial charge in [0.05, 0.1) is 30.8 Å². The average Bonchev–Trinajstić information content (AvgIpc) is 3.33. The molecule has 2 aromatic carbocycles. The Bertz CT molecular complexity index is 1690. The van der Waals surface area contributed by atoms with Gasteiger partial charge in [-0.25, -0.2) is 8.78 Å². The zero-order chi connectivity index (χ0) is 31.8. The summed E-state index contributed by atoms with van der Waals surface area (Å²) in [5.41, 5.74) is 1.70. The van der Waals surface area contributed by atoms with Gasteiger partial charge in [-0.15, -0.1) is 0 Å². The van der Waals surface area contributed by atoms with E-state index in [4.69, 9.17) is 18.6 Å². The quantitative estimate of drug-likeness (QED) is 0.147. The number of carbonyl (C=O) groups excluding carboxylic acids is 2. The molecular formula is C32H35F2N3O6. The summed E-state index contributed by atoms with van der Waals surface area (Å²) >= 11 is 0. The van der Waals surface area contributed by atoms with E-state index >= 15 is 8.78 Å². The number of nitrogens with one attached hydrogen (secondary N) is 3. The fourth-order valence-electron chi connectivity index (χ4n) is 4.33. The Morgan fingerprint density at radius 1 is 1.02 bits per heavy atom. The minimum atomic E-state index is -1.13. The first-order chi connectivity index (χ1) is 20.5. The molecular weight excluding hydrogens is 560 g/mol. The zero-order valence-corrected chi connectivity index (χ0v) is 25.0. The van der Waals surface area contributed by atoms with Crippen LogP contribution in [0.2, 0.25) is 0 Å². The van der Waals surface area contributed by atoms with Gasteiger partial charge >= 0.3 is 0 Å². The number of ketones is 1. The van der Waals surface area contributed by atoms with Crippen molar-refractivity contribution in [2.45, 2.75) is 20.8 Å². The molecule has 1 amide bonds. The number of benzene rings is 2. The third-order valence-electron chi connectivity index (χ3n) is 6.40. The zero-order valence-electron chi connectivity index (χ0n) is 25.0. The van der Waals surface area contributed by atoms with E-state index in [1.54, 1.807) is 45.4 Å². The molecule has 0 aliphatic rings.